The summed E-state index contributed by atoms with van der Waals surface area (Å²) in [5, 5.41) is 3.61. The smallest absolute Gasteiger partial charge is 0.326 e. The first-order valence-corrected chi connectivity index (χ1v) is 5.24. The maximum Gasteiger partial charge on any atom is 0.333 e. The lowest BCUT2D eigenvalue weighted by atomic mass is 10.0. The highest BCUT2D eigenvalue weighted by Gasteiger charge is 2.09. The van der Waals surface area contributed by atoms with Gasteiger partial charge < -0.3 is 5.73 Å². The van der Waals surface area contributed by atoms with Gasteiger partial charge >= 0.3 is 6.55 Å². The fourth-order valence-electron chi connectivity index (χ4n) is 1.70. The Hall–Kier alpha value is -1.75. The van der Waals surface area contributed by atoms with Crippen LogP contribution in [0.25, 0.3) is 11.1 Å². The number of alkyl halides is 2. The standard InChI is InChI=1S/C12H13F2N3/c1-8-4-9(2-3-10(8)5-15)11-6-16-17(7-11)12(13)14/h2-4,6-7,12H,5,15H2,1H3. The first kappa shape index (κ1) is 11.7. The second-order valence-corrected chi connectivity index (χ2v) is 3.83. The summed E-state index contributed by atoms with van der Waals surface area (Å²) in [5.74, 6) is 0. The average molecular weight is 237 g/mol. The van der Waals surface area contributed by atoms with Crippen molar-refractivity contribution < 1.29 is 8.78 Å². The van der Waals surface area contributed by atoms with Crippen LogP contribution in [0.1, 0.15) is 17.7 Å². The van der Waals surface area contributed by atoms with E-state index >= 15 is 0 Å². The Labute approximate surface area is 97.9 Å². The summed E-state index contributed by atoms with van der Waals surface area (Å²) < 4.78 is 25.4. The molecule has 1 aromatic heterocycles. The minimum Gasteiger partial charge on any atom is -0.326 e. The third kappa shape index (κ3) is 2.34. The van der Waals surface area contributed by atoms with Crippen molar-refractivity contribution in [1.29, 1.82) is 0 Å². The molecule has 0 saturated heterocycles. The van der Waals surface area contributed by atoms with E-state index in [0.717, 1.165) is 16.7 Å². The number of halogens is 2. The Morgan fingerprint density at radius 2 is 2.12 bits per heavy atom. The van der Waals surface area contributed by atoms with E-state index in [2.05, 4.69) is 5.10 Å². The normalized spacial score (nSPS) is 11.1. The van der Waals surface area contributed by atoms with Gasteiger partial charge in [0.1, 0.15) is 0 Å². The molecule has 0 aliphatic heterocycles. The zero-order chi connectivity index (χ0) is 12.4. The lowest BCUT2D eigenvalue weighted by Crippen LogP contribution is -1.98. The molecule has 0 unspecified atom stereocenters. The third-order valence-corrected chi connectivity index (χ3v) is 2.70. The van der Waals surface area contributed by atoms with Crippen LogP contribution in [-0.2, 0) is 6.54 Å². The molecular weight excluding hydrogens is 224 g/mol. The molecule has 2 rings (SSSR count). The molecular formula is C12H13F2N3. The van der Waals surface area contributed by atoms with Crippen LogP contribution in [0.3, 0.4) is 0 Å². The second kappa shape index (κ2) is 4.63. The lowest BCUT2D eigenvalue weighted by Gasteiger charge is -2.05. The van der Waals surface area contributed by atoms with Gasteiger partial charge in [-0.3, -0.25) is 0 Å². The molecule has 0 saturated carbocycles. The van der Waals surface area contributed by atoms with E-state index in [1.165, 1.54) is 12.4 Å². The predicted octanol–water partition coefficient (Wildman–Crippen LogP) is 2.71. The molecule has 17 heavy (non-hydrogen) atoms. The van der Waals surface area contributed by atoms with E-state index < -0.39 is 6.55 Å². The van der Waals surface area contributed by atoms with E-state index in [1.807, 2.05) is 25.1 Å². The molecule has 0 fully saturated rings. The number of nitrogens with two attached hydrogens (primary N) is 1. The molecule has 1 heterocycles. The average Bonchev–Trinajstić information content (AvgIpc) is 2.78. The van der Waals surface area contributed by atoms with E-state index in [-0.39, 0.29) is 0 Å². The van der Waals surface area contributed by atoms with Gasteiger partial charge in [0.15, 0.2) is 0 Å². The van der Waals surface area contributed by atoms with Crippen LogP contribution in [0, 0.1) is 6.92 Å². The second-order valence-electron chi connectivity index (χ2n) is 3.83. The van der Waals surface area contributed by atoms with Crippen molar-refractivity contribution in [3.8, 4) is 11.1 Å². The monoisotopic (exact) mass is 237 g/mol. The van der Waals surface area contributed by atoms with Crippen LogP contribution in [0.2, 0.25) is 0 Å². The van der Waals surface area contributed by atoms with Gasteiger partial charge in [-0.1, -0.05) is 18.2 Å². The Bertz CT molecular complexity index is 520. The highest BCUT2D eigenvalue weighted by Crippen LogP contribution is 2.23. The van der Waals surface area contributed by atoms with E-state index in [0.29, 0.717) is 16.8 Å². The first-order chi connectivity index (χ1) is 8.11. The summed E-state index contributed by atoms with van der Waals surface area (Å²) >= 11 is 0. The summed E-state index contributed by atoms with van der Waals surface area (Å²) in [6, 6.07) is 5.70. The maximum absolute atomic E-state index is 12.4. The van der Waals surface area contributed by atoms with E-state index in [4.69, 9.17) is 5.73 Å². The fraction of sp³-hybridized carbons (Fsp3) is 0.250. The largest absolute Gasteiger partial charge is 0.333 e. The van der Waals surface area contributed by atoms with Gasteiger partial charge in [0.05, 0.1) is 6.20 Å². The molecule has 0 aliphatic rings. The van der Waals surface area contributed by atoms with Crippen LogP contribution >= 0.6 is 0 Å². The summed E-state index contributed by atoms with van der Waals surface area (Å²) in [4.78, 5) is 0. The van der Waals surface area contributed by atoms with Gasteiger partial charge in [-0.15, -0.1) is 0 Å². The van der Waals surface area contributed by atoms with Gasteiger partial charge in [0.2, 0.25) is 0 Å². The molecule has 90 valence electrons. The van der Waals surface area contributed by atoms with Crippen LogP contribution in [0.15, 0.2) is 30.6 Å². The summed E-state index contributed by atoms with van der Waals surface area (Å²) in [7, 11) is 0. The van der Waals surface area contributed by atoms with Crippen molar-refractivity contribution in [3.63, 3.8) is 0 Å². The molecule has 0 atom stereocenters. The Balaban J connectivity index is 2.36. The number of aryl methyl sites for hydroxylation is 1. The van der Waals surface area contributed by atoms with Crippen molar-refractivity contribution in [1.82, 2.24) is 9.78 Å². The highest BCUT2D eigenvalue weighted by atomic mass is 19.3. The van der Waals surface area contributed by atoms with Gasteiger partial charge in [0, 0.05) is 18.3 Å². The molecule has 0 bridgehead atoms. The molecule has 0 aliphatic carbocycles. The molecule has 0 amide bonds. The summed E-state index contributed by atoms with van der Waals surface area (Å²) in [5.41, 5.74) is 9.21. The van der Waals surface area contributed by atoms with E-state index in [1.54, 1.807) is 0 Å². The lowest BCUT2D eigenvalue weighted by molar-refractivity contribution is 0.0566. The Kier molecular flexibility index (Phi) is 3.19. The molecule has 2 aromatic rings. The Morgan fingerprint density at radius 1 is 1.35 bits per heavy atom. The molecule has 2 N–H and O–H groups in total. The van der Waals surface area contributed by atoms with Gasteiger partial charge in [-0.2, -0.15) is 13.9 Å². The molecule has 5 heteroatoms. The molecule has 1 aromatic carbocycles. The van der Waals surface area contributed by atoms with Crippen molar-refractivity contribution in [3.05, 3.63) is 41.7 Å². The number of aromatic nitrogens is 2. The third-order valence-electron chi connectivity index (χ3n) is 2.70. The van der Waals surface area contributed by atoms with Crippen LogP contribution in [0.4, 0.5) is 8.78 Å². The fourth-order valence-corrected chi connectivity index (χ4v) is 1.70. The SMILES string of the molecule is Cc1cc(-c2cnn(C(F)F)c2)ccc1CN. The van der Waals surface area contributed by atoms with Crippen molar-refractivity contribution in [2.24, 2.45) is 5.73 Å². The number of hydrogen-bond acceptors (Lipinski definition) is 2. The van der Waals surface area contributed by atoms with Crippen molar-refractivity contribution in [2.75, 3.05) is 0 Å². The highest BCUT2D eigenvalue weighted by molar-refractivity contribution is 5.63. The summed E-state index contributed by atoms with van der Waals surface area (Å²) in [6.45, 7) is -0.181. The molecule has 0 spiro atoms. The van der Waals surface area contributed by atoms with E-state index in [9.17, 15) is 8.78 Å². The Morgan fingerprint density at radius 3 is 2.65 bits per heavy atom. The minimum atomic E-state index is -2.60. The topological polar surface area (TPSA) is 43.8 Å². The number of benzene rings is 1. The number of hydrogen-bond donors (Lipinski definition) is 1. The van der Waals surface area contributed by atoms with Crippen LogP contribution < -0.4 is 5.73 Å². The van der Waals surface area contributed by atoms with Gasteiger partial charge in [-0.25, -0.2) is 4.68 Å². The van der Waals surface area contributed by atoms with Gasteiger partial charge in [0.25, 0.3) is 0 Å². The number of nitrogens with zero attached hydrogens (tertiary/aromatic N) is 2. The first-order valence-electron chi connectivity index (χ1n) is 5.24. The quantitative estimate of drug-likeness (QED) is 0.892. The van der Waals surface area contributed by atoms with Crippen LogP contribution in [-0.4, -0.2) is 9.78 Å². The molecule has 3 nitrogen and oxygen atoms in total. The van der Waals surface area contributed by atoms with Crippen molar-refractivity contribution >= 4 is 0 Å². The van der Waals surface area contributed by atoms with Gasteiger partial charge in [-0.05, 0) is 23.6 Å². The predicted molar refractivity (Wildman–Crippen MR) is 61.5 cm³/mol. The van der Waals surface area contributed by atoms with Crippen LogP contribution in [0.5, 0.6) is 0 Å². The van der Waals surface area contributed by atoms with Crippen molar-refractivity contribution in [2.45, 2.75) is 20.0 Å². The molecule has 0 radical (unpaired) electrons. The zero-order valence-corrected chi connectivity index (χ0v) is 9.40. The summed E-state index contributed by atoms with van der Waals surface area (Å²) in [6.07, 6.45) is 2.77. The maximum atomic E-state index is 12.4. The number of rotatable bonds is 3. The zero-order valence-electron chi connectivity index (χ0n) is 9.40. The minimum absolute atomic E-state index is 0.475.